The van der Waals surface area contributed by atoms with Crippen molar-refractivity contribution in [2.75, 3.05) is 11.9 Å². The number of rotatable bonds is 4. The van der Waals surface area contributed by atoms with Gasteiger partial charge in [0.05, 0.1) is 15.9 Å². The van der Waals surface area contributed by atoms with Gasteiger partial charge < -0.3 is 15.8 Å². The molecular formula is C19H20ClN3OS. The Morgan fingerprint density at radius 2 is 2.12 bits per heavy atom. The molecule has 25 heavy (non-hydrogen) atoms. The van der Waals surface area contributed by atoms with Crippen LogP contribution in [0.1, 0.15) is 29.4 Å². The van der Waals surface area contributed by atoms with E-state index in [1.807, 2.05) is 24.3 Å². The summed E-state index contributed by atoms with van der Waals surface area (Å²) in [4.78, 5) is 5.60. The molecule has 1 fully saturated rings. The smallest absolute Gasteiger partial charge is 0.131 e. The zero-order valence-electron chi connectivity index (χ0n) is 13.7. The first-order chi connectivity index (χ1) is 12.2. The van der Waals surface area contributed by atoms with E-state index in [0.29, 0.717) is 5.15 Å². The van der Waals surface area contributed by atoms with Gasteiger partial charge in [0.2, 0.25) is 0 Å². The van der Waals surface area contributed by atoms with Gasteiger partial charge in [-0.3, -0.25) is 0 Å². The molecule has 0 unspecified atom stereocenters. The van der Waals surface area contributed by atoms with E-state index in [9.17, 15) is 0 Å². The Morgan fingerprint density at radius 3 is 2.92 bits per heavy atom. The Balaban J connectivity index is 1.64. The van der Waals surface area contributed by atoms with E-state index < -0.39 is 0 Å². The van der Waals surface area contributed by atoms with Gasteiger partial charge in [-0.25, -0.2) is 4.98 Å². The molecule has 0 aliphatic carbocycles. The molecular weight excluding hydrogens is 354 g/mol. The van der Waals surface area contributed by atoms with Crippen molar-refractivity contribution >= 4 is 38.8 Å². The number of nitrogens with two attached hydrogens (primary N) is 1. The van der Waals surface area contributed by atoms with Crippen LogP contribution in [0.15, 0.2) is 42.5 Å². The van der Waals surface area contributed by atoms with Gasteiger partial charge in [0.1, 0.15) is 11.3 Å². The number of pyridine rings is 1. The van der Waals surface area contributed by atoms with Gasteiger partial charge in [-0.05, 0) is 24.5 Å². The van der Waals surface area contributed by atoms with Crippen LogP contribution in [0.2, 0.25) is 5.15 Å². The molecule has 2 atom stereocenters. The van der Waals surface area contributed by atoms with Crippen molar-refractivity contribution in [3.8, 4) is 0 Å². The lowest BCUT2D eigenvalue weighted by Crippen LogP contribution is -2.33. The van der Waals surface area contributed by atoms with Gasteiger partial charge in [0.15, 0.2) is 0 Å². The lowest BCUT2D eigenvalue weighted by molar-refractivity contribution is 0.00239. The van der Waals surface area contributed by atoms with Gasteiger partial charge in [0.25, 0.3) is 0 Å². The van der Waals surface area contributed by atoms with Crippen LogP contribution in [0.5, 0.6) is 0 Å². The van der Waals surface area contributed by atoms with Gasteiger partial charge in [0, 0.05) is 30.1 Å². The first kappa shape index (κ1) is 16.8. The number of anilines is 1. The van der Waals surface area contributed by atoms with Gasteiger partial charge in [-0.15, -0.1) is 11.3 Å². The largest absolute Gasteiger partial charge is 0.380 e. The molecule has 1 aromatic carbocycles. The standard InChI is InChI=1S/C19H20ClN3OS/c20-17-10-14(22-11-12-5-2-1-3-6-12)19-15(23-17)9-16(25-19)18-13(21)7-4-8-24-18/h1-3,5-6,9-10,13,18H,4,7-8,11,21H2,(H,22,23)/t13-,18-/m0/s1. The number of benzene rings is 1. The third-order valence-corrected chi connectivity index (χ3v) is 5.85. The molecule has 6 heteroatoms. The summed E-state index contributed by atoms with van der Waals surface area (Å²) in [6.45, 7) is 1.50. The summed E-state index contributed by atoms with van der Waals surface area (Å²) in [6, 6.07) is 14.3. The number of fused-ring (bicyclic) bond motifs is 1. The second-order valence-corrected chi connectivity index (χ2v) is 7.76. The Bertz CT molecular complexity index is 868. The third-order valence-electron chi connectivity index (χ3n) is 4.44. The topological polar surface area (TPSA) is 60.2 Å². The van der Waals surface area contributed by atoms with Gasteiger partial charge >= 0.3 is 0 Å². The minimum Gasteiger partial charge on any atom is -0.380 e. The van der Waals surface area contributed by atoms with Crippen molar-refractivity contribution in [3.63, 3.8) is 0 Å². The summed E-state index contributed by atoms with van der Waals surface area (Å²) in [5.41, 5.74) is 9.37. The van der Waals surface area contributed by atoms with Crippen LogP contribution >= 0.6 is 22.9 Å². The highest BCUT2D eigenvalue weighted by Crippen LogP contribution is 2.39. The van der Waals surface area contributed by atoms with E-state index in [2.05, 4.69) is 28.5 Å². The van der Waals surface area contributed by atoms with Crippen molar-refractivity contribution in [2.24, 2.45) is 5.73 Å². The second-order valence-electron chi connectivity index (χ2n) is 6.29. The van der Waals surface area contributed by atoms with Crippen LogP contribution < -0.4 is 11.1 Å². The van der Waals surface area contributed by atoms with E-state index >= 15 is 0 Å². The van der Waals surface area contributed by atoms with Crippen LogP contribution in [-0.2, 0) is 11.3 Å². The minimum atomic E-state index is -0.0475. The molecule has 3 heterocycles. The van der Waals surface area contributed by atoms with Gasteiger partial charge in [-0.1, -0.05) is 41.9 Å². The summed E-state index contributed by atoms with van der Waals surface area (Å²) >= 11 is 7.92. The van der Waals surface area contributed by atoms with Crippen molar-refractivity contribution in [1.82, 2.24) is 4.98 Å². The average Bonchev–Trinajstić information content (AvgIpc) is 3.04. The van der Waals surface area contributed by atoms with Gasteiger partial charge in [-0.2, -0.15) is 0 Å². The highest BCUT2D eigenvalue weighted by Gasteiger charge is 2.26. The first-order valence-corrected chi connectivity index (χ1v) is 9.65. The number of thiophene rings is 1. The molecule has 1 aliphatic rings. The fraction of sp³-hybridized carbons (Fsp3) is 0.316. The molecule has 2 aromatic heterocycles. The maximum absolute atomic E-state index is 6.26. The molecule has 0 amide bonds. The Hall–Kier alpha value is -1.66. The lowest BCUT2D eigenvalue weighted by Gasteiger charge is -2.27. The monoisotopic (exact) mass is 373 g/mol. The van der Waals surface area contributed by atoms with Crippen LogP contribution in [0.4, 0.5) is 5.69 Å². The highest BCUT2D eigenvalue weighted by molar-refractivity contribution is 7.19. The van der Waals surface area contributed by atoms with Crippen molar-refractivity contribution in [2.45, 2.75) is 31.5 Å². The van der Waals surface area contributed by atoms with E-state index in [1.54, 1.807) is 11.3 Å². The summed E-state index contributed by atoms with van der Waals surface area (Å²) < 4.78 is 7.00. The summed E-state index contributed by atoms with van der Waals surface area (Å²) in [6.07, 6.45) is 1.97. The van der Waals surface area contributed by atoms with Crippen molar-refractivity contribution in [3.05, 3.63) is 58.1 Å². The minimum absolute atomic E-state index is 0.0398. The van der Waals surface area contributed by atoms with E-state index in [-0.39, 0.29) is 12.1 Å². The molecule has 0 saturated carbocycles. The SMILES string of the molecule is N[C@H]1CCCO[C@@H]1c1cc2nc(Cl)cc(NCc3ccccc3)c2s1. The third kappa shape index (κ3) is 3.65. The molecule has 3 N–H and O–H groups in total. The number of ether oxygens (including phenoxy) is 1. The summed E-state index contributed by atoms with van der Waals surface area (Å²) in [7, 11) is 0. The maximum atomic E-state index is 6.26. The predicted molar refractivity (Wildman–Crippen MR) is 104 cm³/mol. The second kappa shape index (κ2) is 7.30. The molecule has 4 rings (SSSR count). The van der Waals surface area contributed by atoms with Crippen LogP contribution in [0, 0.1) is 0 Å². The molecule has 0 bridgehead atoms. The van der Waals surface area contributed by atoms with Crippen molar-refractivity contribution < 1.29 is 4.74 Å². The fourth-order valence-electron chi connectivity index (χ4n) is 3.17. The Morgan fingerprint density at radius 1 is 1.28 bits per heavy atom. The molecule has 4 nitrogen and oxygen atoms in total. The van der Waals surface area contributed by atoms with Crippen LogP contribution in [0.3, 0.4) is 0 Å². The van der Waals surface area contributed by atoms with E-state index in [0.717, 1.165) is 46.8 Å². The number of nitrogens with one attached hydrogen (secondary N) is 1. The predicted octanol–water partition coefficient (Wildman–Crippen LogP) is 4.74. The zero-order valence-corrected chi connectivity index (χ0v) is 15.3. The highest BCUT2D eigenvalue weighted by atomic mass is 35.5. The Kier molecular flexibility index (Phi) is 4.90. The van der Waals surface area contributed by atoms with Crippen LogP contribution in [-0.4, -0.2) is 17.6 Å². The quantitative estimate of drug-likeness (QED) is 0.648. The zero-order chi connectivity index (χ0) is 17.2. The summed E-state index contributed by atoms with van der Waals surface area (Å²) in [5.74, 6) is 0. The number of hydrogen-bond donors (Lipinski definition) is 2. The van der Waals surface area contributed by atoms with Crippen LogP contribution in [0.25, 0.3) is 10.2 Å². The first-order valence-electron chi connectivity index (χ1n) is 8.45. The fourth-order valence-corrected chi connectivity index (χ4v) is 4.59. The average molecular weight is 374 g/mol. The van der Waals surface area contributed by atoms with E-state index in [1.165, 1.54) is 5.56 Å². The Labute approximate surface area is 156 Å². The molecule has 1 saturated heterocycles. The summed E-state index contributed by atoms with van der Waals surface area (Å²) in [5, 5.41) is 3.97. The molecule has 0 spiro atoms. The number of aromatic nitrogens is 1. The molecule has 3 aromatic rings. The van der Waals surface area contributed by atoms with E-state index in [4.69, 9.17) is 22.1 Å². The number of hydrogen-bond acceptors (Lipinski definition) is 5. The molecule has 1 aliphatic heterocycles. The normalized spacial score (nSPS) is 20.7. The lowest BCUT2D eigenvalue weighted by atomic mass is 10.0. The number of halogens is 1. The number of nitrogens with zero attached hydrogens (tertiary/aromatic N) is 1. The maximum Gasteiger partial charge on any atom is 0.131 e. The van der Waals surface area contributed by atoms with Crippen molar-refractivity contribution in [1.29, 1.82) is 0 Å². The molecule has 0 radical (unpaired) electrons. The molecule has 130 valence electrons.